The van der Waals surface area contributed by atoms with Crippen molar-refractivity contribution in [1.82, 2.24) is 14.6 Å². The van der Waals surface area contributed by atoms with Crippen LogP contribution in [0.3, 0.4) is 0 Å². The molecule has 0 spiro atoms. The van der Waals surface area contributed by atoms with Crippen LogP contribution >= 0.6 is 0 Å². The van der Waals surface area contributed by atoms with Gasteiger partial charge in [-0.15, -0.1) is 0 Å². The Morgan fingerprint density at radius 3 is 2.72 bits per heavy atom. The zero-order valence-electron chi connectivity index (χ0n) is 24.1. The molecule has 2 N–H and O–H groups in total. The molecule has 39 heavy (non-hydrogen) atoms. The van der Waals surface area contributed by atoms with Gasteiger partial charge in [-0.05, 0) is 56.7 Å². The van der Waals surface area contributed by atoms with Crippen LogP contribution in [-0.4, -0.2) is 53.1 Å². The van der Waals surface area contributed by atoms with Crippen molar-refractivity contribution in [2.45, 2.75) is 90.5 Å². The average Bonchev–Trinajstić information content (AvgIpc) is 3.54. The molecule has 1 aromatic carbocycles. The first-order chi connectivity index (χ1) is 18.8. The van der Waals surface area contributed by atoms with Crippen molar-refractivity contribution < 1.29 is 9.18 Å². The number of unbranched alkanes of at least 4 members (excludes halogenated alkanes) is 4. The Bertz CT molecular complexity index is 1260. The van der Waals surface area contributed by atoms with Crippen LogP contribution in [0.15, 0.2) is 30.3 Å². The van der Waals surface area contributed by atoms with Gasteiger partial charge in [-0.25, -0.2) is 9.37 Å². The molecule has 1 saturated heterocycles. The maximum atomic E-state index is 13.6. The van der Waals surface area contributed by atoms with E-state index in [1.165, 1.54) is 38.3 Å². The number of anilines is 2. The molecule has 7 nitrogen and oxygen atoms in total. The summed E-state index contributed by atoms with van der Waals surface area (Å²) >= 11 is 0. The van der Waals surface area contributed by atoms with Gasteiger partial charge in [0, 0.05) is 56.3 Å². The highest BCUT2D eigenvalue weighted by molar-refractivity contribution is 5.95. The predicted octanol–water partition coefficient (Wildman–Crippen LogP) is 6.14. The molecule has 1 aliphatic rings. The molecule has 0 bridgehead atoms. The van der Waals surface area contributed by atoms with Crippen LogP contribution in [0.1, 0.15) is 99.7 Å². The van der Waals surface area contributed by atoms with E-state index in [4.69, 9.17) is 15.8 Å². The molecule has 1 unspecified atom stereocenters. The predicted molar refractivity (Wildman–Crippen MR) is 158 cm³/mol. The molecule has 1 aliphatic heterocycles. The summed E-state index contributed by atoms with van der Waals surface area (Å²) in [6.45, 7) is 8.63. The van der Waals surface area contributed by atoms with E-state index in [9.17, 15) is 9.18 Å². The second-order valence-electron chi connectivity index (χ2n) is 11.3. The van der Waals surface area contributed by atoms with Crippen LogP contribution in [-0.2, 0) is 6.42 Å². The molecule has 212 valence electrons. The largest absolute Gasteiger partial charge is 0.359 e. The number of carbonyl (C=O) groups excluding carboxylic acids is 1. The number of benzene rings is 1. The van der Waals surface area contributed by atoms with Crippen LogP contribution < -0.4 is 15.5 Å². The lowest BCUT2D eigenvalue weighted by molar-refractivity contribution is 0.101. The third kappa shape index (κ3) is 7.35. The Kier molecular flexibility index (Phi) is 9.94. The highest BCUT2D eigenvalue weighted by atomic mass is 19.1. The number of carbonyl (C=O) groups is 1. The zero-order chi connectivity index (χ0) is 27.9. The maximum Gasteiger partial charge on any atom is 0.160 e. The molecule has 2 aromatic heterocycles. The van der Waals surface area contributed by atoms with Gasteiger partial charge in [0.05, 0.1) is 5.69 Å². The number of hydrogen-bond acceptors (Lipinski definition) is 6. The van der Waals surface area contributed by atoms with Gasteiger partial charge in [0.15, 0.2) is 11.4 Å². The van der Waals surface area contributed by atoms with Crippen molar-refractivity contribution in [1.29, 1.82) is 0 Å². The van der Waals surface area contributed by atoms with Gasteiger partial charge in [-0.2, -0.15) is 9.61 Å². The fourth-order valence-corrected chi connectivity index (χ4v) is 5.53. The molecule has 0 aliphatic carbocycles. The van der Waals surface area contributed by atoms with Gasteiger partial charge in [0.1, 0.15) is 17.5 Å². The van der Waals surface area contributed by atoms with E-state index in [1.807, 2.05) is 4.52 Å². The molecule has 1 fully saturated rings. The Hall–Kier alpha value is -3.00. The van der Waals surface area contributed by atoms with Gasteiger partial charge in [-0.3, -0.25) is 4.79 Å². The third-order valence-corrected chi connectivity index (χ3v) is 7.99. The molecule has 0 saturated carbocycles. The number of hydrogen-bond donors (Lipinski definition) is 1. The Balaban J connectivity index is 1.45. The summed E-state index contributed by atoms with van der Waals surface area (Å²) in [5.74, 6) is 1.96. The van der Waals surface area contributed by atoms with Crippen LogP contribution in [0.4, 0.5) is 16.0 Å². The van der Waals surface area contributed by atoms with Crippen LogP contribution in [0, 0.1) is 5.82 Å². The van der Waals surface area contributed by atoms with Crippen LogP contribution in [0.2, 0.25) is 0 Å². The molecule has 0 amide bonds. The minimum absolute atomic E-state index is 0.0843. The summed E-state index contributed by atoms with van der Waals surface area (Å²) in [6.07, 6.45) is 9.54. The molecular weight excluding hydrogens is 491 g/mol. The molecule has 2 atom stereocenters. The highest BCUT2D eigenvalue weighted by Crippen LogP contribution is 2.28. The fourth-order valence-electron chi connectivity index (χ4n) is 5.53. The van der Waals surface area contributed by atoms with Gasteiger partial charge >= 0.3 is 0 Å². The normalized spacial score (nSPS) is 16.3. The molecule has 3 aromatic rings. The van der Waals surface area contributed by atoms with E-state index < -0.39 is 0 Å². The summed E-state index contributed by atoms with van der Waals surface area (Å²) in [4.78, 5) is 21.5. The van der Waals surface area contributed by atoms with E-state index in [-0.39, 0.29) is 17.6 Å². The quantitative estimate of drug-likeness (QED) is 0.197. The first kappa shape index (κ1) is 29.0. The summed E-state index contributed by atoms with van der Waals surface area (Å²) in [5.41, 5.74) is 9.63. The second kappa shape index (κ2) is 13.4. The lowest BCUT2D eigenvalue weighted by atomic mass is 9.99. The van der Waals surface area contributed by atoms with Gasteiger partial charge in [-0.1, -0.05) is 45.6 Å². The van der Waals surface area contributed by atoms with E-state index in [0.717, 1.165) is 86.7 Å². The summed E-state index contributed by atoms with van der Waals surface area (Å²) in [6, 6.07) is 9.04. The van der Waals surface area contributed by atoms with Crippen molar-refractivity contribution >= 4 is 23.1 Å². The van der Waals surface area contributed by atoms with Gasteiger partial charge in [0.25, 0.3) is 0 Å². The monoisotopic (exact) mass is 536 g/mol. The van der Waals surface area contributed by atoms with Gasteiger partial charge in [0.2, 0.25) is 0 Å². The lowest BCUT2D eigenvalue weighted by Gasteiger charge is -2.23. The standard InChI is InChI=1S/C31H45FN6O/c1-5-6-8-11-22(2)28-19-30-34-29(37-17-15-26(33)21-37)20-31(38(30)35-28)36(4)16-10-7-9-12-24-13-14-25(32)18-27(24)23(3)39/h13-14,18-20,22,26H,5-12,15-17,21,33H2,1-4H3/t22?,26-/m0/s1. The van der Waals surface area contributed by atoms with E-state index >= 15 is 0 Å². The second-order valence-corrected chi connectivity index (χ2v) is 11.3. The Labute approximate surface area is 232 Å². The van der Waals surface area contributed by atoms with E-state index in [1.54, 1.807) is 6.07 Å². The van der Waals surface area contributed by atoms with Crippen molar-refractivity contribution in [3.8, 4) is 0 Å². The smallest absolute Gasteiger partial charge is 0.160 e. The summed E-state index contributed by atoms with van der Waals surface area (Å²) in [7, 11) is 2.12. The number of nitrogens with zero attached hydrogens (tertiary/aromatic N) is 5. The minimum Gasteiger partial charge on any atom is -0.359 e. The van der Waals surface area contributed by atoms with E-state index in [2.05, 4.69) is 42.8 Å². The van der Waals surface area contributed by atoms with Crippen LogP contribution in [0.25, 0.3) is 5.65 Å². The fraction of sp³-hybridized carbons (Fsp3) is 0.581. The third-order valence-electron chi connectivity index (χ3n) is 7.99. The topological polar surface area (TPSA) is 79.8 Å². The molecule has 8 heteroatoms. The lowest BCUT2D eigenvalue weighted by Crippen LogP contribution is -2.28. The molecule has 3 heterocycles. The number of Topliss-reactive ketones (excluding diaryl/α,β-unsaturated/α-hetero) is 1. The number of aryl methyl sites for hydroxylation is 1. The van der Waals surface area contributed by atoms with Gasteiger partial charge < -0.3 is 15.5 Å². The first-order valence-corrected chi connectivity index (χ1v) is 14.7. The van der Waals surface area contributed by atoms with E-state index in [0.29, 0.717) is 11.5 Å². The van der Waals surface area contributed by atoms with Crippen molar-refractivity contribution in [2.24, 2.45) is 5.73 Å². The Morgan fingerprint density at radius 2 is 2.00 bits per heavy atom. The average molecular weight is 537 g/mol. The number of rotatable bonds is 14. The summed E-state index contributed by atoms with van der Waals surface area (Å²) < 4.78 is 15.6. The van der Waals surface area contributed by atoms with Crippen molar-refractivity contribution in [3.63, 3.8) is 0 Å². The number of fused-ring (bicyclic) bond motifs is 1. The Morgan fingerprint density at radius 1 is 1.18 bits per heavy atom. The minimum atomic E-state index is -0.360. The molecular formula is C31H45FN6O. The maximum absolute atomic E-state index is 13.6. The number of nitrogens with two attached hydrogens (primary N) is 1. The van der Waals surface area contributed by atoms with Crippen molar-refractivity contribution in [3.05, 3.63) is 53.0 Å². The zero-order valence-corrected chi connectivity index (χ0v) is 24.1. The van der Waals surface area contributed by atoms with Crippen molar-refractivity contribution in [2.75, 3.05) is 36.5 Å². The molecule has 4 rings (SSSR count). The molecule has 0 radical (unpaired) electrons. The van der Waals surface area contributed by atoms with Crippen LogP contribution in [0.5, 0.6) is 0 Å². The SMILES string of the molecule is CCCCCC(C)c1cc2nc(N3CC[C@H](N)C3)cc(N(C)CCCCCc3ccc(F)cc3C(C)=O)n2n1. The summed E-state index contributed by atoms with van der Waals surface area (Å²) in [5, 5.41) is 5.02. The number of ketones is 1. The first-order valence-electron chi connectivity index (χ1n) is 14.7. The highest BCUT2D eigenvalue weighted by Gasteiger charge is 2.23. The number of halogens is 1. The number of aromatic nitrogens is 3.